The van der Waals surface area contributed by atoms with E-state index in [9.17, 15) is 14.9 Å². The van der Waals surface area contributed by atoms with Gasteiger partial charge in [-0.2, -0.15) is 0 Å². The van der Waals surface area contributed by atoms with Crippen molar-refractivity contribution in [2.24, 2.45) is 0 Å². The maximum atomic E-state index is 11.2. The van der Waals surface area contributed by atoms with Crippen LogP contribution in [-0.2, 0) is 4.84 Å². The highest BCUT2D eigenvalue weighted by Gasteiger charge is 2.04. The minimum atomic E-state index is -0.892. The fraction of sp³-hybridized carbons (Fsp3) is 0.286. The van der Waals surface area contributed by atoms with Crippen LogP contribution in [0.2, 0.25) is 0 Å². The molecule has 0 saturated carbocycles. The fourth-order valence-electron chi connectivity index (χ4n) is 0.780. The highest BCUT2D eigenvalue weighted by molar-refractivity contribution is 7.12. The van der Waals surface area contributed by atoms with Crippen molar-refractivity contribution in [3.05, 3.63) is 32.5 Å². The van der Waals surface area contributed by atoms with Gasteiger partial charge in [0.25, 0.3) is 11.0 Å². The summed E-state index contributed by atoms with van der Waals surface area (Å²) in [6.45, 7) is -0.0121. The number of nitrogens with zero attached hydrogens (tertiary/aromatic N) is 1. The molecule has 1 amide bonds. The van der Waals surface area contributed by atoms with Crippen molar-refractivity contribution in [2.45, 2.75) is 0 Å². The zero-order valence-corrected chi connectivity index (χ0v) is 7.95. The molecule has 0 aromatic carbocycles. The van der Waals surface area contributed by atoms with Crippen molar-refractivity contribution >= 4 is 17.2 Å². The molecule has 14 heavy (non-hydrogen) atoms. The molecule has 1 aromatic rings. The van der Waals surface area contributed by atoms with E-state index >= 15 is 0 Å². The van der Waals surface area contributed by atoms with Crippen LogP contribution >= 0.6 is 11.3 Å². The second-order valence-electron chi connectivity index (χ2n) is 2.29. The van der Waals surface area contributed by atoms with E-state index in [0.29, 0.717) is 4.88 Å². The molecule has 1 N–H and O–H groups in total. The van der Waals surface area contributed by atoms with E-state index in [1.54, 1.807) is 17.5 Å². The fourth-order valence-corrected chi connectivity index (χ4v) is 1.42. The summed E-state index contributed by atoms with van der Waals surface area (Å²) in [5.41, 5.74) is 0. The van der Waals surface area contributed by atoms with Crippen LogP contribution in [-0.4, -0.2) is 24.1 Å². The number of carbonyl (C=O) groups excluding carboxylic acids is 1. The molecule has 0 spiro atoms. The van der Waals surface area contributed by atoms with Crippen LogP contribution in [0.5, 0.6) is 0 Å². The first-order valence-electron chi connectivity index (χ1n) is 3.79. The second kappa shape index (κ2) is 5.18. The van der Waals surface area contributed by atoms with Crippen molar-refractivity contribution in [2.75, 3.05) is 13.2 Å². The van der Waals surface area contributed by atoms with Gasteiger partial charge in [-0.05, 0) is 11.4 Å². The average Bonchev–Trinajstić information content (AvgIpc) is 2.64. The highest BCUT2D eigenvalue weighted by atomic mass is 32.1. The molecule has 0 aliphatic carbocycles. The first kappa shape index (κ1) is 10.5. The summed E-state index contributed by atoms with van der Waals surface area (Å²) in [7, 11) is 0. The molecule has 6 nitrogen and oxygen atoms in total. The molecule has 0 saturated heterocycles. The number of hydrogen-bond acceptors (Lipinski definition) is 5. The van der Waals surface area contributed by atoms with Crippen LogP contribution < -0.4 is 5.32 Å². The topological polar surface area (TPSA) is 81.5 Å². The Balaban J connectivity index is 2.19. The quantitative estimate of drug-likeness (QED) is 0.446. The Bertz CT molecular complexity index is 311. The van der Waals surface area contributed by atoms with Gasteiger partial charge in [-0.15, -0.1) is 21.5 Å². The van der Waals surface area contributed by atoms with Crippen molar-refractivity contribution in [1.82, 2.24) is 5.32 Å². The van der Waals surface area contributed by atoms with Crippen LogP contribution in [0, 0.1) is 10.1 Å². The Morgan fingerprint density at radius 2 is 2.50 bits per heavy atom. The highest BCUT2D eigenvalue weighted by Crippen LogP contribution is 2.07. The third-order valence-electron chi connectivity index (χ3n) is 1.33. The Morgan fingerprint density at radius 1 is 1.71 bits per heavy atom. The van der Waals surface area contributed by atoms with E-state index in [-0.39, 0.29) is 19.1 Å². The van der Waals surface area contributed by atoms with Crippen LogP contribution in [0.4, 0.5) is 0 Å². The van der Waals surface area contributed by atoms with Gasteiger partial charge in [0, 0.05) is 6.54 Å². The van der Waals surface area contributed by atoms with E-state index in [1.165, 1.54) is 11.3 Å². The summed E-state index contributed by atoms with van der Waals surface area (Å²) >= 11 is 1.31. The minimum absolute atomic E-state index is 0.123. The lowest BCUT2D eigenvalue weighted by atomic mass is 10.4. The maximum Gasteiger partial charge on any atom is 0.294 e. The maximum absolute atomic E-state index is 11.2. The largest absolute Gasteiger partial charge is 0.349 e. The predicted molar refractivity (Wildman–Crippen MR) is 49.6 cm³/mol. The molecule has 1 rings (SSSR count). The van der Waals surface area contributed by atoms with Gasteiger partial charge in [-0.1, -0.05) is 6.07 Å². The molecule has 0 fully saturated rings. The van der Waals surface area contributed by atoms with Gasteiger partial charge in [0.2, 0.25) is 0 Å². The molecule has 1 heterocycles. The molecule has 0 aliphatic rings. The summed E-state index contributed by atoms with van der Waals surface area (Å²) in [6, 6.07) is 3.43. The molecular weight excluding hydrogens is 208 g/mol. The summed E-state index contributed by atoms with van der Waals surface area (Å²) in [4.78, 5) is 25.6. The lowest BCUT2D eigenvalue weighted by Crippen LogP contribution is -2.27. The normalized spacial score (nSPS) is 9.43. The molecule has 0 aliphatic heterocycles. The van der Waals surface area contributed by atoms with Gasteiger partial charge in [-0.3, -0.25) is 4.79 Å². The van der Waals surface area contributed by atoms with Crippen molar-refractivity contribution in [1.29, 1.82) is 0 Å². The molecule has 1 aromatic heterocycles. The second-order valence-corrected chi connectivity index (χ2v) is 3.24. The number of thiophene rings is 1. The summed E-state index contributed by atoms with van der Waals surface area (Å²) in [5.74, 6) is -0.244. The van der Waals surface area contributed by atoms with Crippen LogP contribution in [0.1, 0.15) is 9.67 Å². The van der Waals surface area contributed by atoms with Gasteiger partial charge in [0.15, 0.2) is 0 Å². The average molecular weight is 216 g/mol. The lowest BCUT2D eigenvalue weighted by Gasteiger charge is -2.01. The van der Waals surface area contributed by atoms with Crippen LogP contribution in [0.3, 0.4) is 0 Å². The Hall–Kier alpha value is -1.63. The summed E-state index contributed by atoms with van der Waals surface area (Å²) < 4.78 is 0. The molecule has 0 bridgehead atoms. The first-order chi connectivity index (χ1) is 6.70. The SMILES string of the molecule is O=C(NCCO[N+](=O)[O-])c1cccs1. The number of hydrogen-bond donors (Lipinski definition) is 1. The van der Waals surface area contributed by atoms with E-state index in [0.717, 1.165) is 0 Å². The zero-order valence-electron chi connectivity index (χ0n) is 7.13. The monoisotopic (exact) mass is 216 g/mol. The molecule has 0 unspecified atom stereocenters. The lowest BCUT2D eigenvalue weighted by molar-refractivity contribution is -0.757. The number of nitrogens with one attached hydrogen (secondary N) is 1. The van der Waals surface area contributed by atoms with Gasteiger partial charge >= 0.3 is 0 Å². The summed E-state index contributed by atoms with van der Waals surface area (Å²) in [5, 5.41) is 13.1. The van der Waals surface area contributed by atoms with E-state index in [4.69, 9.17) is 0 Å². The number of rotatable bonds is 5. The Labute approximate surface area is 83.6 Å². The van der Waals surface area contributed by atoms with Gasteiger partial charge in [0.05, 0.1) is 4.88 Å². The molecule has 76 valence electrons. The third-order valence-corrected chi connectivity index (χ3v) is 2.20. The molecule has 7 heteroatoms. The molecule has 0 radical (unpaired) electrons. The number of amides is 1. The van der Waals surface area contributed by atoms with Crippen molar-refractivity contribution in [3.8, 4) is 0 Å². The molecular formula is C7H8N2O4S. The standard InChI is InChI=1S/C7H8N2O4S/c10-7(6-2-1-5-14-6)8-3-4-13-9(11)12/h1-2,5H,3-4H2,(H,8,10). The van der Waals surface area contributed by atoms with Gasteiger partial charge in [0.1, 0.15) is 6.61 Å². The Kier molecular flexibility index (Phi) is 3.86. The third kappa shape index (κ3) is 3.40. The van der Waals surface area contributed by atoms with E-state index < -0.39 is 5.09 Å². The predicted octanol–water partition coefficient (Wildman–Crippen LogP) is 0.686. The number of carbonyl (C=O) groups is 1. The summed E-state index contributed by atoms with van der Waals surface area (Å²) in [6.07, 6.45) is 0. The zero-order chi connectivity index (χ0) is 10.4. The van der Waals surface area contributed by atoms with Gasteiger partial charge in [-0.25, -0.2) is 0 Å². The Morgan fingerprint density at radius 3 is 3.07 bits per heavy atom. The first-order valence-corrected chi connectivity index (χ1v) is 4.67. The minimum Gasteiger partial charge on any atom is -0.349 e. The van der Waals surface area contributed by atoms with Crippen LogP contribution in [0.15, 0.2) is 17.5 Å². The van der Waals surface area contributed by atoms with Gasteiger partial charge < -0.3 is 10.2 Å². The van der Waals surface area contributed by atoms with Crippen molar-refractivity contribution in [3.63, 3.8) is 0 Å². The molecule has 0 atom stereocenters. The van der Waals surface area contributed by atoms with E-state index in [1.807, 2.05) is 0 Å². The smallest absolute Gasteiger partial charge is 0.294 e. The van der Waals surface area contributed by atoms with Crippen LogP contribution in [0.25, 0.3) is 0 Å². The van der Waals surface area contributed by atoms with Crippen molar-refractivity contribution < 1.29 is 14.7 Å². The van der Waals surface area contributed by atoms with E-state index in [2.05, 4.69) is 10.2 Å².